The molecule has 0 aliphatic carbocycles. The first-order valence-electron chi connectivity index (χ1n) is 8.02. The van der Waals surface area contributed by atoms with Gasteiger partial charge < -0.3 is 18.9 Å². The van der Waals surface area contributed by atoms with Crippen LogP contribution >= 0.6 is 0 Å². The van der Waals surface area contributed by atoms with Crippen LogP contribution in [0, 0.1) is 0 Å². The Balaban J connectivity index is 1.38. The minimum Gasteiger partial charge on any atom is -0.491 e. The molecule has 0 saturated carbocycles. The van der Waals surface area contributed by atoms with Crippen molar-refractivity contribution < 1.29 is 18.9 Å². The third-order valence-corrected chi connectivity index (χ3v) is 3.96. The Morgan fingerprint density at radius 3 is 2.17 bits per heavy atom. The molecule has 0 unspecified atom stereocenters. The number of benzene rings is 2. The van der Waals surface area contributed by atoms with E-state index in [-0.39, 0.29) is 12.2 Å². The maximum atomic E-state index is 5.87. The van der Waals surface area contributed by atoms with Crippen LogP contribution in [0.4, 0.5) is 0 Å². The van der Waals surface area contributed by atoms with Gasteiger partial charge in [-0.1, -0.05) is 30.3 Å². The van der Waals surface area contributed by atoms with Gasteiger partial charge in [-0.25, -0.2) is 0 Å². The standard InChI is InChI=1S/C19H20O4/c1-2-4-19(23-13-18-12-22-18)15(3-1)9-14-5-7-16(8-6-14)20-10-17-11-21-17/h1-8,17-18H,9-13H2/t17-,18-/m0/s1. The van der Waals surface area contributed by atoms with Gasteiger partial charge in [0.25, 0.3) is 0 Å². The molecule has 2 saturated heterocycles. The maximum Gasteiger partial charge on any atom is 0.122 e. The Kier molecular flexibility index (Phi) is 4.18. The maximum absolute atomic E-state index is 5.87. The van der Waals surface area contributed by atoms with E-state index in [1.165, 1.54) is 11.1 Å². The largest absolute Gasteiger partial charge is 0.491 e. The summed E-state index contributed by atoms with van der Waals surface area (Å²) in [6, 6.07) is 16.4. The van der Waals surface area contributed by atoms with Crippen LogP contribution in [-0.2, 0) is 15.9 Å². The van der Waals surface area contributed by atoms with Gasteiger partial charge in [0.05, 0.1) is 13.2 Å². The quantitative estimate of drug-likeness (QED) is 0.703. The topological polar surface area (TPSA) is 43.5 Å². The molecule has 4 nitrogen and oxygen atoms in total. The molecule has 0 amide bonds. The molecule has 0 aromatic heterocycles. The predicted octanol–water partition coefficient (Wildman–Crippen LogP) is 2.83. The molecule has 0 bridgehead atoms. The van der Waals surface area contributed by atoms with Crippen molar-refractivity contribution >= 4 is 0 Å². The first-order valence-corrected chi connectivity index (χ1v) is 8.02. The molecule has 2 aromatic carbocycles. The lowest BCUT2D eigenvalue weighted by Crippen LogP contribution is -2.06. The zero-order valence-electron chi connectivity index (χ0n) is 12.9. The van der Waals surface area contributed by atoms with E-state index in [0.29, 0.717) is 13.2 Å². The lowest BCUT2D eigenvalue weighted by Gasteiger charge is -2.11. The van der Waals surface area contributed by atoms with E-state index in [2.05, 4.69) is 18.2 Å². The molecule has 0 radical (unpaired) electrons. The Morgan fingerprint density at radius 2 is 1.48 bits per heavy atom. The number of para-hydroxylation sites is 1. The van der Waals surface area contributed by atoms with Crippen molar-refractivity contribution in [2.24, 2.45) is 0 Å². The summed E-state index contributed by atoms with van der Waals surface area (Å²) in [4.78, 5) is 0. The molecule has 2 heterocycles. The Hall–Kier alpha value is -2.04. The average molecular weight is 312 g/mol. The molecule has 4 heteroatoms. The smallest absolute Gasteiger partial charge is 0.122 e. The van der Waals surface area contributed by atoms with Crippen molar-refractivity contribution in [3.8, 4) is 11.5 Å². The summed E-state index contributed by atoms with van der Waals surface area (Å²) in [7, 11) is 0. The van der Waals surface area contributed by atoms with Crippen molar-refractivity contribution in [3.63, 3.8) is 0 Å². The minimum atomic E-state index is 0.273. The first-order chi connectivity index (χ1) is 11.4. The highest BCUT2D eigenvalue weighted by Gasteiger charge is 2.24. The number of hydrogen-bond acceptors (Lipinski definition) is 4. The summed E-state index contributed by atoms with van der Waals surface area (Å²) in [6.07, 6.45) is 1.40. The predicted molar refractivity (Wildman–Crippen MR) is 86.2 cm³/mol. The Labute approximate surface area is 135 Å². The van der Waals surface area contributed by atoms with Gasteiger partial charge >= 0.3 is 0 Å². The number of ether oxygens (including phenoxy) is 4. The average Bonchev–Trinajstić information content (AvgIpc) is 3.48. The van der Waals surface area contributed by atoms with Crippen molar-refractivity contribution in [1.82, 2.24) is 0 Å². The van der Waals surface area contributed by atoms with Crippen LogP contribution in [0.15, 0.2) is 48.5 Å². The highest BCUT2D eigenvalue weighted by atomic mass is 16.6. The van der Waals surface area contributed by atoms with Crippen LogP contribution in [0.3, 0.4) is 0 Å². The summed E-state index contributed by atoms with van der Waals surface area (Å²) in [5.41, 5.74) is 2.42. The van der Waals surface area contributed by atoms with Crippen molar-refractivity contribution in [2.75, 3.05) is 26.4 Å². The lowest BCUT2D eigenvalue weighted by molar-refractivity contribution is 0.261. The summed E-state index contributed by atoms with van der Waals surface area (Å²) in [5.74, 6) is 1.83. The van der Waals surface area contributed by atoms with Crippen LogP contribution in [0.1, 0.15) is 11.1 Å². The molecule has 2 aliphatic rings. The molecule has 2 atom stereocenters. The van der Waals surface area contributed by atoms with E-state index in [1.807, 2.05) is 30.3 Å². The van der Waals surface area contributed by atoms with Gasteiger partial charge in [0.1, 0.15) is 36.9 Å². The molecule has 120 valence electrons. The highest BCUT2D eigenvalue weighted by Crippen LogP contribution is 2.24. The molecule has 4 rings (SSSR count). The van der Waals surface area contributed by atoms with Crippen LogP contribution in [0.5, 0.6) is 11.5 Å². The van der Waals surface area contributed by atoms with E-state index < -0.39 is 0 Å². The molecule has 23 heavy (non-hydrogen) atoms. The Bertz CT molecular complexity index is 645. The van der Waals surface area contributed by atoms with E-state index in [4.69, 9.17) is 18.9 Å². The summed E-state index contributed by atoms with van der Waals surface area (Å²) in [5, 5.41) is 0. The zero-order valence-corrected chi connectivity index (χ0v) is 12.9. The fraction of sp³-hybridized carbons (Fsp3) is 0.368. The van der Waals surface area contributed by atoms with Crippen LogP contribution in [0.2, 0.25) is 0 Å². The van der Waals surface area contributed by atoms with E-state index in [0.717, 1.165) is 31.1 Å². The monoisotopic (exact) mass is 312 g/mol. The minimum absolute atomic E-state index is 0.273. The molecule has 2 fully saturated rings. The Morgan fingerprint density at radius 1 is 0.826 bits per heavy atom. The zero-order chi connectivity index (χ0) is 15.5. The molecule has 0 N–H and O–H groups in total. The van der Waals surface area contributed by atoms with Gasteiger partial charge in [0.15, 0.2) is 0 Å². The van der Waals surface area contributed by atoms with Gasteiger partial charge in [-0.05, 0) is 29.3 Å². The number of epoxide rings is 2. The molecular formula is C19H20O4. The van der Waals surface area contributed by atoms with Crippen molar-refractivity contribution in [2.45, 2.75) is 18.6 Å². The highest BCUT2D eigenvalue weighted by molar-refractivity contribution is 5.39. The van der Waals surface area contributed by atoms with Crippen LogP contribution < -0.4 is 9.47 Å². The fourth-order valence-corrected chi connectivity index (χ4v) is 2.41. The molecule has 2 aromatic rings. The number of rotatable bonds is 8. The second-order valence-corrected chi connectivity index (χ2v) is 5.96. The lowest BCUT2D eigenvalue weighted by atomic mass is 10.0. The van der Waals surface area contributed by atoms with Gasteiger partial charge in [-0.15, -0.1) is 0 Å². The van der Waals surface area contributed by atoms with Crippen LogP contribution in [-0.4, -0.2) is 38.6 Å². The second-order valence-electron chi connectivity index (χ2n) is 5.96. The second kappa shape index (κ2) is 6.60. The van der Waals surface area contributed by atoms with E-state index in [9.17, 15) is 0 Å². The third kappa shape index (κ3) is 4.24. The van der Waals surface area contributed by atoms with Gasteiger partial charge in [0, 0.05) is 6.42 Å². The number of hydrogen-bond donors (Lipinski definition) is 0. The van der Waals surface area contributed by atoms with Gasteiger partial charge in [-0.3, -0.25) is 0 Å². The van der Waals surface area contributed by atoms with Crippen molar-refractivity contribution in [3.05, 3.63) is 59.7 Å². The molecular weight excluding hydrogens is 292 g/mol. The summed E-state index contributed by atoms with van der Waals surface area (Å²) in [6.45, 7) is 2.91. The molecule has 2 aliphatic heterocycles. The van der Waals surface area contributed by atoms with E-state index >= 15 is 0 Å². The van der Waals surface area contributed by atoms with Gasteiger partial charge in [0.2, 0.25) is 0 Å². The SMILES string of the molecule is c1ccc(OC[C@@H]2CO2)c(Cc2ccc(OC[C@H]3CO3)cc2)c1. The first kappa shape index (κ1) is 14.5. The molecule has 0 spiro atoms. The van der Waals surface area contributed by atoms with E-state index in [1.54, 1.807) is 0 Å². The normalized spacial score (nSPS) is 21.7. The third-order valence-electron chi connectivity index (χ3n) is 3.96. The summed E-state index contributed by atoms with van der Waals surface area (Å²) >= 11 is 0. The fourth-order valence-electron chi connectivity index (χ4n) is 2.41. The van der Waals surface area contributed by atoms with Crippen molar-refractivity contribution in [1.29, 1.82) is 0 Å². The summed E-state index contributed by atoms with van der Waals surface area (Å²) < 4.78 is 21.9. The van der Waals surface area contributed by atoms with Crippen LogP contribution in [0.25, 0.3) is 0 Å². The van der Waals surface area contributed by atoms with Gasteiger partial charge in [-0.2, -0.15) is 0 Å².